The number of hydrogen-bond acceptors (Lipinski definition) is 1. The van der Waals surface area contributed by atoms with Crippen molar-refractivity contribution in [3.8, 4) is 0 Å². The van der Waals surface area contributed by atoms with Crippen molar-refractivity contribution in [1.82, 2.24) is 0 Å². The molecule has 0 aromatic heterocycles. The second-order valence-electron chi connectivity index (χ2n) is 5.53. The molecule has 2 N–H and O–H groups in total. The second kappa shape index (κ2) is 9.89. The van der Waals surface area contributed by atoms with Crippen LogP contribution in [0.15, 0.2) is 12.2 Å². The number of hydrogen-bond donors (Lipinski definition) is 1. The van der Waals surface area contributed by atoms with Crippen LogP contribution in [0.4, 0.5) is 0 Å². The Kier molecular flexibility index (Phi) is 9.71. The van der Waals surface area contributed by atoms with Crippen molar-refractivity contribution in [1.29, 1.82) is 0 Å². The van der Waals surface area contributed by atoms with Gasteiger partial charge in [-0.05, 0) is 39.5 Å². The molecule has 16 heavy (non-hydrogen) atoms. The third-order valence-corrected chi connectivity index (χ3v) is 2.84. The highest BCUT2D eigenvalue weighted by Gasteiger charge is 2.08. The first-order chi connectivity index (χ1) is 7.56. The average Bonchev–Trinajstić information content (AvgIpc) is 2.19. The summed E-state index contributed by atoms with van der Waals surface area (Å²) in [6.45, 7) is 6.43. The van der Waals surface area contributed by atoms with Crippen LogP contribution in [0, 0.1) is 0 Å². The van der Waals surface area contributed by atoms with E-state index in [1.54, 1.807) is 0 Å². The van der Waals surface area contributed by atoms with E-state index in [1.807, 2.05) is 0 Å². The maximum Gasteiger partial charge on any atom is 0.00970 e. The van der Waals surface area contributed by atoms with E-state index in [9.17, 15) is 0 Å². The molecule has 0 heterocycles. The summed E-state index contributed by atoms with van der Waals surface area (Å²) in [5.41, 5.74) is 5.97. The van der Waals surface area contributed by atoms with Crippen LogP contribution in [0.5, 0.6) is 0 Å². The maximum atomic E-state index is 5.94. The van der Waals surface area contributed by atoms with Crippen LogP contribution in [-0.4, -0.2) is 5.54 Å². The fourth-order valence-electron chi connectivity index (χ4n) is 1.83. The highest BCUT2D eigenvalue weighted by atomic mass is 14.7. The molecule has 0 fully saturated rings. The predicted molar refractivity (Wildman–Crippen MR) is 74.6 cm³/mol. The Morgan fingerprint density at radius 3 is 2.00 bits per heavy atom. The standard InChI is InChI=1S/C15H31N/c1-4-5-6-7-8-9-10-11-12-13-14-15(2,3)16/h5-6H,4,7-14,16H2,1-3H3/b6-5+. The molecule has 0 aliphatic rings. The molecule has 0 bridgehead atoms. The van der Waals surface area contributed by atoms with E-state index in [0.717, 1.165) is 6.42 Å². The zero-order valence-electron chi connectivity index (χ0n) is 11.6. The molecule has 0 rings (SSSR count). The topological polar surface area (TPSA) is 26.0 Å². The molecule has 0 saturated carbocycles. The zero-order chi connectivity index (χ0) is 12.3. The molecule has 0 atom stereocenters. The van der Waals surface area contributed by atoms with Crippen LogP contribution in [0.2, 0.25) is 0 Å². The molecular weight excluding hydrogens is 194 g/mol. The fourth-order valence-corrected chi connectivity index (χ4v) is 1.83. The Morgan fingerprint density at radius 1 is 0.875 bits per heavy atom. The second-order valence-corrected chi connectivity index (χ2v) is 5.53. The van der Waals surface area contributed by atoms with Crippen LogP contribution in [0.25, 0.3) is 0 Å². The molecule has 0 aromatic rings. The van der Waals surface area contributed by atoms with E-state index in [4.69, 9.17) is 5.73 Å². The van der Waals surface area contributed by atoms with Gasteiger partial charge < -0.3 is 5.73 Å². The van der Waals surface area contributed by atoms with E-state index >= 15 is 0 Å². The molecule has 0 aliphatic carbocycles. The SMILES string of the molecule is CC/C=C/CCCCCCCCC(C)(C)N. The van der Waals surface area contributed by atoms with Crippen molar-refractivity contribution < 1.29 is 0 Å². The van der Waals surface area contributed by atoms with Crippen LogP contribution in [-0.2, 0) is 0 Å². The minimum atomic E-state index is 0.0327. The van der Waals surface area contributed by atoms with Crippen LogP contribution >= 0.6 is 0 Å². The van der Waals surface area contributed by atoms with E-state index in [0.29, 0.717) is 0 Å². The Balaban J connectivity index is 3.07. The summed E-state index contributed by atoms with van der Waals surface area (Å²) in [4.78, 5) is 0. The third-order valence-electron chi connectivity index (χ3n) is 2.84. The highest BCUT2D eigenvalue weighted by Crippen LogP contribution is 2.13. The molecule has 0 aliphatic heterocycles. The van der Waals surface area contributed by atoms with Crippen LogP contribution in [0.1, 0.15) is 78.6 Å². The Morgan fingerprint density at radius 2 is 1.44 bits per heavy atom. The summed E-state index contributed by atoms with van der Waals surface area (Å²) in [5.74, 6) is 0. The molecule has 0 unspecified atom stereocenters. The summed E-state index contributed by atoms with van der Waals surface area (Å²) in [7, 11) is 0. The summed E-state index contributed by atoms with van der Waals surface area (Å²) in [6, 6.07) is 0. The van der Waals surface area contributed by atoms with Crippen LogP contribution in [0.3, 0.4) is 0 Å². The molecule has 1 heteroatoms. The lowest BCUT2D eigenvalue weighted by molar-refractivity contribution is 0.441. The lowest BCUT2D eigenvalue weighted by Crippen LogP contribution is -2.31. The quantitative estimate of drug-likeness (QED) is 0.419. The molecule has 0 amide bonds. The fraction of sp³-hybridized carbons (Fsp3) is 0.867. The monoisotopic (exact) mass is 225 g/mol. The molecule has 0 spiro atoms. The first-order valence-electron chi connectivity index (χ1n) is 7.00. The van der Waals surface area contributed by atoms with E-state index in [-0.39, 0.29) is 5.54 Å². The van der Waals surface area contributed by atoms with Crippen molar-refractivity contribution in [2.75, 3.05) is 0 Å². The van der Waals surface area contributed by atoms with Gasteiger partial charge in [-0.25, -0.2) is 0 Å². The first kappa shape index (κ1) is 15.7. The van der Waals surface area contributed by atoms with E-state index < -0.39 is 0 Å². The molecule has 0 saturated heterocycles. The van der Waals surface area contributed by atoms with Gasteiger partial charge in [0, 0.05) is 5.54 Å². The van der Waals surface area contributed by atoms with Crippen molar-refractivity contribution in [3.05, 3.63) is 12.2 Å². The Bertz CT molecular complexity index is 165. The third kappa shape index (κ3) is 13.7. The van der Waals surface area contributed by atoms with Gasteiger partial charge in [-0.1, -0.05) is 51.2 Å². The van der Waals surface area contributed by atoms with Gasteiger partial charge >= 0.3 is 0 Å². The van der Waals surface area contributed by atoms with Crippen molar-refractivity contribution in [2.45, 2.75) is 84.1 Å². The largest absolute Gasteiger partial charge is 0.326 e. The van der Waals surface area contributed by atoms with E-state index in [1.165, 1.54) is 51.4 Å². The normalized spacial score (nSPS) is 12.5. The van der Waals surface area contributed by atoms with Crippen LogP contribution < -0.4 is 5.73 Å². The first-order valence-corrected chi connectivity index (χ1v) is 7.00. The predicted octanol–water partition coefficient (Wildman–Crippen LogP) is 4.81. The molecule has 96 valence electrons. The van der Waals surface area contributed by atoms with Crippen molar-refractivity contribution in [3.63, 3.8) is 0 Å². The van der Waals surface area contributed by atoms with Gasteiger partial charge in [0.1, 0.15) is 0 Å². The van der Waals surface area contributed by atoms with Crippen molar-refractivity contribution >= 4 is 0 Å². The number of rotatable bonds is 10. The maximum absolute atomic E-state index is 5.94. The number of unbranched alkanes of at least 4 members (excludes halogenated alkanes) is 6. The summed E-state index contributed by atoms with van der Waals surface area (Å²) < 4.78 is 0. The lowest BCUT2D eigenvalue weighted by atomic mass is 9.97. The average molecular weight is 225 g/mol. The van der Waals surface area contributed by atoms with E-state index in [2.05, 4.69) is 32.9 Å². The molecule has 0 aromatic carbocycles. The van der Waals surface area contributed by atoms with Gasteiger partial charge in [0.2, 0.25) is 0 Å². The zero-order valence-corrected chi connectivity index (χ0v) is 11.6. The minimum Gasteiger partial charge on any atom is -0.326 e. The lowest BCUT2D eigenvalue weighted by Gasteiger charge is -2.17. The summed E-state index contributed by atoms with van der Waals surface area (Å²) >= 11 is 0. The number of nitrogens with two attached hydrogens (primary N) is 1. The van der Waals surface area contributed by atoms with Gasteiger partial charge in [0.05, 0.1) is 0 Å². The van der Waals surface area contributed by atoms with Gasteiger partial charge in [-0.3, -0.25) is 0 Å². The molecule has 1 nitrogen and oxygen atoms in total. The smallest absolute Gasteiger partial charge is 0.00970 e. The van der Waals surface area contributed by atoms with Crippen molar-refractivity contribution in [2.24, 2.45) is 5.73 Å². The van der Waals surface area contributed by atoms with Gasteiger partial charge in [-0.15, -0.1) is 0 Å². The summed E-state index contributed by atoms with van der Waals surface area (Å²) in [6.07, 6.45) is 16.4. The van der Waals surface area contributed by atoms with Gasteiger partial charge in [0.15, 0.2) is 0 Å². The van der Waals surface area contributed by atoms with Gasteiger partial charge in [0.25, 0.3) is 0 Å². The van der Waals surface area contributed by atoms with Gasteiger partial charge in [-0.2, -0.15) is 0 Å². The number of allylic oxidation sites excluding steroid dienone is 2. The Hall–Kier alpha value is -0.300. The Labute approximate surface area is 102 Å². The highest BCUT2D eigenvalue weighted by molar-refractivity contribution is 4.79. The molecule has 0 radical (unpaired) electrons. The minimum absolute atomic E-state index is 0.0327. The molecular formula is C15H31N. The summed E-state index contributed by atoms with van der Waals surface area (Å²) in [5, 5.41) is 0.